The van der Waals surface area contributed by atoms with Crippen LogP contribution in [-0.4, -0.2) is 19.0 Å². The van der Waals surface area contributed by atoms with Crippen LogP contribution in [0.1, 0.15) is 6.92 Å². The Bertz CT molecular complexity index is 384. The van der Waals surface area contributed by atoms with Gasteiger partial charge in [-0.2, -0.15) is 0 Å². The monoisotopic (exact) mass is 258 g/mol. The Labute approximate surface area is 110 Å². The van der Waals surface area contributed by atoms with E-state index in [2.05, 4.69) is 74.1 Å². The average Bonchev–Trinajstić information content (AvgIpc) is 2.42. The Hall–Kier alpha value is -1.13. The van der Waals surface area contributed by atoms with Crippen molar-refractivity contribution in [1.82, 2.24) is 0 Å². The fourth-order valence-electron chi connectivity index (χ4n) is 1.65. The van der Waals surface area contributed by atoms with E-state index < -0.39 is 0 Å². The lowest BCUT2D eigenvalue weighted by atomic mass is 10.4. The lowest BCUT2D eigenvalue weighted by molar-refractivity contribution is 1.46. The molecule has 2 aromatic carbocycles. The summed E-state index contributed by atoms with van der Waals surface area (Å²) >= 11 is 0. The molecule has 0 saturated heterocycles. The van der Waals surface area contributed by atoms with E-state index in [4.69, 9.17) is 0 Å². The molecule has 0 spiro atoms. The quantitative estimate of drug-likeness (QED) is 0.731. The van der Waals surface area contributed by atoms with Gasteiger partial charge in [0.15, 0.2) is 0 Å². The van der Waals surface area contributed by atoms with Gasteiger partial charge in [-0.05, 0) is 0 Å². The molecule has 90 valence electrons. The zero-order valence-electron chi connectivity index (χ0n) is 10.9. The van der Waals surface area contributed by atoms with E-state index in [1.165, 1.54) is 6.04 Å². The predicted octanol–water partition coefficient (Wildman–Crippen LogP) is 1.45. The SMILES string of the molecule is CC[SiH2]c1ccccc1.C[SiH2]c1ccccc1. The predicted molar refractivity (Wildman–Crippen MR) is 85.6 cm³/mol. The molecule has 0 nitrogen and oxygen atoms in total. The van der Waals surface area contributed by atoms with Gasteiger partial charge in [-0.15, -0.1) is 0 Å². The molecule has 17 heavy (non-hydrogen) atoms. The van der Waals surface area contributed by atoms with E-state index in [9.17, 15) is 0 Å². The van der Waals surface area contributed by atoms with Crippen LogP contribution in [0.5, 0.6) is 0 Å². The molecule has 0 unspecified atom stereocenters. The summed E-state index contributed by atoms with van der Waals surface area (Å²) in [6.45, 7) is 4.56. The minimum absolute atomic E-state index is 0.0913. The zero-order valence-corrected chi connectivity index (χ0v) is 13.7. The largest absolute Gasteiger partial charge is 0.0708 e. The Morgan fingerprint density at radius 2 is 1.24 bits per heavy atom. The van der Waals surface area contributed by atoms with Crippen molar-refractivity contribution in [2.24, 2.45) is 0 Å². The van der Waals surface area contributed by atoms with Crippen molar-refractivity contribution in [3.05, 3.63) is 60.7 Å². The van der Waals surface area contributed by atoms with Crippen molar-refractivity contribution in [3.63, 3.8) is 0 Å². The first-order valence-corrected chi connectivity index (χ1v) is 10.3. The van der Waals surface area contributed by atoms with Crippen molar-refractivity contribution >= 4 is 29.4 Å². The van der Waals surface area contributed by atoms with Crippen molar-refractivity contribution in [2.45, 2.75) is 19.5 Å². The van der Waals surface area contributed by atoms with Crippen molar-refractivity contribution in [1.29, 1.82) is 0 Å². The third-order valence-corrected chi connectivity index (χ3v) is 5.47. The highest BCUT2D eigenvalue weighted by molar-refractivity contribution is 6.53. The van der Waals surface area contributed by atoms with Crippen LogP contribution >= 0.6 is 0 Å². The second-order valence-corrected chi connectivity index (χ2v) is 7.91. The Balaban J connectivity index is 0.000000171. The van der Waals surface area contributed by atoms with Crippen LogP contribution in [-0.2, 0) is 0 Å². The topological polar surface area (TPSA) is 0 Å². The van der Waals surface area contributed by atoms with E-state index in [1.807, 2.05) is 0 Å². The molecule has 0 aliphatic heterocycles. The molecule has 0 aliphatic carbocycles. The number of rotatable bonds is 3. The third kappa shape index (κ3) is 6.24. The molecule has 0 heterocycles. The maximum absolute atomic E-state index is 2.30. The van der Waals surface area contributed by atoms with Gasteiger partial charge in [0.05, 0.1) is 19.0 Å². The van der Waals surface area contributed by atoms with Gasteiger partial charge in [-0.25, -0.2) is 0 Å². The molecule has 0 aliphatic rings. The van der Waals surface area contributed by atoms with E-state index in [0.29, 0.717) is 0 Å². The molecular weight excluding hydrogens is 236 g/mol. The Morgan fingerprint density at radius 3 is 1.59 bits per heavy atom. The summed E-state index contributed by atoms with van der Waals surface area (Å²) in [5, 5.41) is 3.13. The van der Waals surface area contributed by atoms with Gasteiger partial charge in [0, 0.05) is 0 Å². The molecule has 0 amide bonds. The van der Waals surface area contributed by atoms with Gasteiger partial charge in [0.2, 0.25) is 0 Å². The summed E-state index contributed by atoms with van der Waals surface area (Å²) in [5.41, 5.74) is 0. The van der Waals surface area contributed by atoms with E-state index >= 15 is 0 Å². The molecule has 2 heteroatoms. The Kier molecular flexibility index (Phi) is 7.35. The normalized spacial score (nSPS) is 10.7. The van der Waals surface area contributed by atoms with Crippen molar-refractivity contribution in [3.8, 4) is 0 Å². The van der Waals surface area contributed by atoms with Gasteiger partial charge < -0.3 is 0 Å². The van der Waals surface area contributed by atoms with E-state index in [1.54, 1.807) is 10.4 Å². The third-order valence-electron chi connectivity index (χ3n) is 2.63. The smallest absolute Gasteiger partial charge is 0.0544 e. The molecule has 0 bridgehead atoms. The summed E-state index contributed by atoms with van der Waals surface area (Å²) in [4.78, 5) is 0. The second-order valence-electron chi connectivity index (χ2n) is 4.07. The van der Waals surface area contributed by atoms with Gasteiger partial charge in [0.25, 0.3) is 0 Å². The first kappa shape index (κ1) is 13.9. The summed E-state index contributed by atoms with van der Waals surface area (Å²) in [7, 11) is 0.190. The number of hydrogen-bond donors (Lipinski definition) is 0. The number of benzene rings is 2. The zero-order chi connectivity index (χ0) is 12.3. The lowest BCUT2D eigenvalue weighted by Crippen LogP contribution is -2.10. The van der Waals surface area contributed by atoms with Crippen LogP contribution in [0.15, 0.2) is 60.7 Å². The molecule has 2 aromatic rings. The van der Waals surface area contributed by atoms with Crippen LogP contribution in [0.3, 0.4) is 0 Å². The standard InChI is InChI=1S/C8H12Si.C7H10Si/c1-2-9-8-6-4-3-5-7-8;1-8-7-5-3-2-4-6-7/h3-7H,2,9H2,1H3;2-6H,8H2,1H3. The van der Waals surface area contributed by atoms with Gasteiger partial charge in [0.1, 0.15) is 0 Å². The fraction of sp³-hybridized carbons (Fsp3) is 0.200. The molecule has 0 atom stereocenters. The molecular formula is C15H22Si2. The highest BCUT2D eigenvalue weighted by Gasteiger charge is 1.85. The van der Waals surface area contributed by atoms with Gasteiger partial charge in [-0.1, -0.05) is 90.6 Å². The van der Waals surface area contributed by atoms with Crippen LogP contribution in [0, 0.1) is 0 Å². The highest BCUT2D eigenvalue weighted by Crippen LogP contribution is 1.82. The van der Waals surface area contributed by atoms with Crippen molar-refractivity contribution < 1.29 is 0 Å². The van der Waals surface area contributed by atoms with E-state index in [-0.39, 0.29) is 19.0 Å². The maximum Gasteiger partial charge on any atom is 0.0544 e. The van der Waals surface area contributed by atoms with Crippen molar-refractivity contribution in [2.75, 3.05) is 0 Å². The van der Waals surface area contributed by atoms with Gasteiger partial charge >= 0.3 is 0 Å². The lowest BCUT2D eigenvalue weighted by Gasteiger charge is -1.92. The summed E-state index contributed by atoms with van der Waals surface area (Å²) in [5.74, 6) is 0. The van der Waals surface area contributed by atoms with Crippen LogP contribution < -0.4 is 10.4 Å². The van der Waals surface area contributed by atoms with Crippen LogP contribution in [0.25, 0.3) is 0 Å². The average molecular weight is 259 g/mol. The fourth-order valence-corrected chi connectivity index (χ4v) is 3.57. The highest BCUT2D eigenvalue weighted by atomic mass is 28.2. The van der Waals surface area contributed by atoms with Crippen LogP contribution in [0.4, 0.5) is 0 Å². The second kappa shape index (κ2) is 8.96. The molecule has 2 rings (SSSR count). The first-order chi connectivity index (χ1) is 8.36. The van der Waals surface area contributed by atoms with E-state index in [0.717, 1.165) is 0 Å². The summed E-state index contributed by atoms with van der Waals surface area (Å²) < 4.78 is 0. The molecule has 0 saturated carbocycles. The molecule has 0 radical (unpaired) electrons. The minimum atomic E-state index is 0.0913. The summed E-state index contributed by atoms with van der Waals surface area (Å²) in [6, 6.07) is 22.8. The molecule has 0 N–H and O–H groups in total. The maximum atomic E-state index is 2.30. The first-order valence-electron chi connectivity index (χ1n) is 6.44. The molecule has 0 fully saturated rings. The van der Waals surface area contributed by atoms with Gasteiger partial charge in [-0.3, -0.25) is 0 Å². The van der Waals surface area contributed by atoms with Crippen LogP contribution in [0.2, 0.25) is 12.6 Å². The molecule has 0 aromatic heterocycles. The Morgan fingerprint density at radius 1 is 0.765 bits per heavy atom. The minimum Gasteiger partial charge on any atom is -0.0708 e. The summed E-state index contributed by atoms with van der Waals surface area (Å²) in [6.07, 6.45) is 0. The number of hydrogen-bond acceptors (Lipinski definition) is 0.